The van der Waals surface area contributed by atoms with Gasteiger partial charge in [0.2, 0.25) is 0 Å². The zero-order chi connectivity index (χ0) is 7.56. The van der Waals surface area contributed by atoms with Crippen molar-refractivity contribution in [3.8, 4) is 0 Å². The van der Waals surface area contributed by atoms with Gasteiger partial charge < -0.3 is 5.02 Å². The SMILES string of the molecule is Cc1ccc([B]O)c(F)c1. The molecule has 0 aliphatic rings. The summed E-state index contributed by atoms with van der Waals surface area (Å²) in [5.41, 5.74) is 1.08. The van der Waals surface area contributed by atoms with Crippen LogP contribution in [0.25, 0.3) is 0 Å². The molecule has 0 saturated heterocycles. The molecule has 0 bridgehead atoms. The smallest absolute Gasteiger partial charge is 0.329 e. The highest BCUT2D eigenvalue weighted by atomic mass is 19.1. The maximum Gasteiger partial charge on any atom is 0.329 e. The van der Waals surface area contributed by atoms with E-state index in [1.807, 2.05) is 0 Å². The van der Waals surface area contributed by atoms with Gasteiger partial charge in [0.1, 0.15) is 5.82 Å². The van der Waals surface area contributed by atoms with E-state index in [1.165, 1.54) is 12.1 Å². The fraction of sp³-hybridized carbons (Fsp3) is 0.143. The Labute approximate surface area is 59.8 Å². The van der Waals surface area contributed by atoms with Crippen molar-refractivity contribution < 1.29 is 9.41 Å². The van der Waals surface area contributed by atoms with Gasteiger partial charge in [0, 0.05) is 0 Å². The zero-order valence-corrected chi connectivity index (χ0v) is 5.63. The lowest BCUT2D eigenvalue weighted by Gasteiger charge is -1.96. The molecule has 1 nitrogen and oxygen atoms in total. The normalized spacial score (nSPS) is 9.50. The minimum Gasteiger partial charge on any atom is -0.450 e. The summed E-state index contributed by atoms with van der Waals surface area (Å²) in [4.78, 5) is 0. The first-order valence-corrected chi connectivity index (χ1v) is 2.97. The van der Waals surface area contributed by atoms with Gasteiger partial charge in [-0.1, -0.05) is 12.1 Å². The van der Waals surface area contributed by atoms with E-state index >= 15 is 0 Å². The maximum absolute atomic E-state index is 12.7. The quantitative estimate of drug-likeness (QED) is 0.554. The van der Waals surface area contributed by atoms with Crippen molar-refractivity contribution in [2.24, 2.45) is 0 Å². The van der Waals surface area contributed by atoms with Crippen LogP contribution in [0.2, 0.25) is 0 Å². The lowest BCUT2D eigenvalue weighted by atomic mass is 9.88. The molecule has 1 N–H and O–H groups in total. The van der Waals surface area contributed by atoms with E-state index in [1.54, 1.807) is 13.0 Å². The number of rotatable bonds is 1. The van der Waals surface area contributed by atoms with Crippen LogP contribution >= 0.6 is 0 Å². The van der Waals surface area contributed by atoms with E-state index in [-0.39, 0.29) is 11.3 Å². The van der Waals surface area contributed by atoms with Crippen LogP contribution in [-0.2, 0) is 0 Å². The van der Waals surface area contributed by atoms with E-state index in [0.29, 0.717) is 0 Å². The van der Waals surface area contributed by atoms with Crippen molar-refractivity contribution in [1.29, 1.82) is 0 Å². The van der Waals surface area contributed by atoms with E-state index in [2.05, 4.69) is 0 Å². The highest BCUT2D eigenvalue weighted by Gasteiger charge is 2.00. The highest BCUT2D eigenvalue weighted by Crippen LogP contribution is 1.97. The van der Waals surface area contributed by atoms with Crippen molar-refractivity contribution in [3.05, 3.63) is 29.6 Å². The molecule has 1 radical (unpaired) electrons. The second-order valence-corrected chi connectivity index (χ2v) is 2.15. The molecule has 10 heavy (non-hydrogen) atoms. The van der Waals surface area contributed by atoms with Gasteiger partial charge in [0.05, 0.1) is 0 Å². The van der Waals surface area contributed by atoms with Crippen molar-refractivity contribution in [1.82, 2.24) is 0 Å². The van der Waals surface area contributed by atoms with Gasteiger partial charge in [0.25, 0.3) is 0 Å². The summed E-state index contributed by atoms with van der Waals surface area (Å²) in [5, 5.41) is 8.44. The van der Waals surface area contributed by atoms with Crippen LogP contribution in [0.5, 0.6) is 0 Å². The van der Waals surface area contributed by atoms with Gasteiger partial charge in [-0.15, -0.1) is 0 Å². The molecule has 1 aromatic rings. The fourth-order valence-corrected chi connectivity index (χ4v) is 0.737. The van der Waals surface area contributed by atoms with Gasteiger partial charge in [-0.05, 0) is 24.0 Å². The van der Waals surface area contributed by atoms with E-state index in [4.69, 9.17) is 5.02 Å². The molecular weight excluding hydrogens is 130 g/mol. The van der Waals surface area contributed by atoms with Gasteiger partial charge in [-0.25, -0.2) is 4.39 Å². The van der Waals surface area contributed by atoms with E-state index in [0.717, 1.165) is 13.0 Å². The minimum atomic E-state index is -0.387. The molecule has 0 aliphatic carbocycles. The lowest BCUT2D eigenvalue weighted by Crippen LogP contribution is -2.17. The summed E-state index contributed by atoms with van der Waals surface area (Å²) in [6.45, 7) is 1.80. The fourth-order valence-electron chi connectivity index (χ4n) is 0.737. The molecule has 0 unspecified atom stereocenters. The summed E-state index contributed by atoms with van der Waals surface area (Å²) in [6.07, 6.45) is 0. The molecule has 1 rings (SSSR count). The molecule has 0 amide bonds. The standard InChI is InChI=1S/C7H7BFO/c1-5-2-3-6(8-10)7(9)4-5/h2-4,10H,1H3. The number of hydrogen-bond donors (Lipinski definition) is 1. The second-order valence-electron chi connectivity index (χ2n) is 2.15. The summed E-state index contributed by atoms with van der Waals surface area (Å²) in [7, 11) is 0.759. The van der Waals surface area contributed by atoms with Gasteiger partial charge in [0.15, 0.2) is 0 Å². The zero-order valence-electron chi connectivity index (χ0n) is 5.63. The maximum atomic E-state index is 12.7. The Morgan fingerprint density at radius 2 is 2.20 bits per heavy atom. The summed E-state index contributed by atoms with van der Waals surface area (Å²) in [6, 6.07) is 4.65. The third-order valence-corrected chi connectivity index (χ3v) is 1.30. The molecule has 51 valence electrons. The number of halogens is 1. The molecule has 0 spiro atoms. The highest BCUT2D eigenvalue weighted by molar-refractivity contribution is 6.45. The van der Waals surface area contributed by atoms with Crippen molar-refractivity contribution in [3.63, 3.8) is 0 Å². The monoisotopic (exact) mass is 137 g/mol. The topological polar surface area (TPSA) is 20.2 Å². The molecule has 0 atom stereocenters. The molecule has 0 saturated carbocycles. The molecule has 0 aromatic heterocycles. The summed E-state index contributed by atoms with van der Waals surface area (Å²) in [5.74, 6) is -0.387. The number of benzene rings is 1. The first-order chi connectivity index (χ1) is 4.74. The predicted octanol–water partition coefficient (Wildman–Crippen LogP) is 0.371. The Kier molecular flexibility index (Phi) is 2.07. The van der Waals surface area contributed by atoms with Gasteiger partial charge >= 0.3 is 7.48 Å². The molecular formula is C7H7BFO. The van der Waals surface area contributed by atoms with E-state index in [9.17, 15) is 4.39 Å². The number of hydrogen-bond acceptors (Lipinski definition) is 1. The van der Waals surface area contributed by atoms with E-state index < -0.39 is 0 Å². The Balaban J connectivity index is 3.07. The summed E-state index contributed by atoms with van der Waals surface area (Å²) < 4.78 is 12.7. The Morgan fingerprint density at radius 3 is 2.70 bits per heavy atom. The van der Waals surface area contributed by atoms with Crippen molar-refractivity contribution in [2.75, 3.05) is 0 Å². The molecule has 3 heteroatoms. The van der Waals surface area contributed by atoms with Crippen LogP contribution in [-0.4, -0.2) is 12.5 Å². The third kappa shape index (κ3) is 1.36. The van der Waals surface area contributed by atoms with Crippen molar-refractivity contribution in [2.45, 2.75) is 6.92 Å². The Morgan fingerprint density at radius 1 is 1.50 bits per heavy atom. The second kappa shape index (κ2) is 2.84. The molecule has 0 fully saturated rings. The summed E-state index contributed by atoms with van der Waals surface area (Å²) >= 11 is 0. The molecule has 0 aliphatic heterocycles. The van der Waals surface area contributed by atoms with Gasteiger partial charge in [-0.2, -0.15) is 0 Å². The third-order valence-electron chi connectivity index (χ3n) is 1.30. The first-order valence-electron chi connectivity index (χ1n) is 2.97. The van der Waals surface area contributed by atoms with Crippen LogP contribution in [0.1, 0.15) is 5.56 Å². The predicted molar refractivity (Wildman–Crippen MR) is 38.7 cm³/mol. The first kappa shape index (κ1) is 7.28. The van der Waals surface area contributed by atoms with Crippen LogP contribution in [0.15, 0.2) is 18.2 Å². The minimum absolute atomic E-state index is 0.227. The lowest BCUT2D eigenvalue weighted by molar-refractivity contribution is 0.602. The Bertz CT molecular complexity index is 237. The van der Waals surface area contributed by atoms with Gasteiger partial charge in [-0.3, -0.25) is 0 Å². The number of aryl methyl sites for hydroxylation is 1. The average Bonchev–Trinajstić information content (AvgIpc) is 1.88. The van der Waals surface area contributed by atoms with Crippen LogP contribution in [0, 0.1) is 12.7 Å². The molecule has 0 heterocycles. The van der Waals surface area contributed by atoms with Crippen molar-refractivity contribution >= 4 is 12.9 Å². The molecule has 1 aromatic carbocycles. The average molecular weight is 137 g/mol. The Hall–Kier alpha value is -0.825. The van der Waals surface area contributed by atoms with Crippen LogP contribution < -0.4 is 5.46 Å². The largest absolute Gasteiger partial charge is 0.450 e. The van der Waals surface area contributed by atoms with Crippen LogP contribution in [0.3, 0.4) is 0 Å². The van der Waals surface area contributed by atoms with Crippen LogP contribution in [0.4, 0.5) is 4.39 Å².